The molecule has 0 amide bonds. The van der Waals surface area contributed by atoms with Gasteiger partial charge >= 0.3 is 5.97 Å². The van der Waals surface area contributed by atoms with E-state index in [-0.39, 0.29) is 24.6 Å². The summed E-state index contributed by atoms with van der Waals surface area (Å²) in [6.07, 6.45) is 1.25. The van der Waals surface area contributed by atoms with E-state index in [1.807, 2.05) is 18.2 Å². The van der Waals surface area contributed by atoms with Crippen LogP contribution in [-0.2, 0) is 22.4 Å². The molecule has 7 nitrogen and oxygen atoms in total. The number of ether oxygens (including phenoxy) is 6. The highest BCUT2D eigenvalue weighted by Crippen LogP contribution is 2.52. The molecule has 0 aromatic heterocycles. The van der Waals surface area contributed by atoms with Crippen LogP contribution in [0.4, 0.5) is 0 Å². The van der Waals surface area contributed by atoms with Gasteiger partial charge < -0.3 is 28.4 Å². The molecule has 2 atom stereocenters. The number of hydrogen-bond acceptors (Lipinski definition) is 7. The van der Waals surface area contributed by atoms with E-state index in [0.29, 0.717) is 48.2 Å². The van der Waals surface area contributed by atoms with Crippen molar-refractivity contribution in [2.45, 2.75) is 12.8 Å². The van der Waals surface area contributed by atoms with E-state index in [4.69, 9.17) is 28.4 Å². The summed E-state index contributed by atoms with van der Waals surface area (Å²) in [4.78, 5) is 12.4. The third-order valence-corrected chi connectivity index (χ3v) is 6.01. The fourth-order valence-electron chi connectivity index (χ4n) is 4.62. The Morgan fingerprint density at radius 2 is 1.62 bits per heavy atom. The Hall–Kier alpha value is -3.09. The maximum absolute atomic E-state index is 12.4. The lowest BCUT2D eigenvalue weighted by molar-refractivity contribution is -0.141. The normalized spacial score (nSPS) is 21.3. The minimum absolute atomic E-state index is 0.0858. The molecule has 2 aromatic carbocycles. The minimum atomic E-state index is -0.193. The average molecular weight is 398 g/mol. The van der Waals surface area contributed by atoms with Gasteiger partial charge in [-0.2, -0.15) is 0 Å². The molecule has 0 unspecified atom stereocenters. The third-order valence-electron chi connectivity index (χ3n) is 6.01. The van der Waals surface area contributed by atoms with Gasteiger partial charge in [0.1, 0.15) is 0 Å². The Morgan fingerprint density at radius 3 is 2.34 bits per heavy atom. The van der Waals surface area contributed by atoms with Crippen molar-refractivity contribution in [2.24, 2.45) is 11.8 Å². The molecule has 1 saturated heterocycles. The highest BCUT2D eigenvalue weighted by molar-refractivity contribution is 5.85. The molecular formula is C22H22O7. The van der Waals surface area contributed by atoms with Crippen LogP contribution in [0, 0.1) is 11.8 Å². The molecule has 3 aliphatic rings. The van der Waals surface area contributed by atoms with Gasteiger partial charge in [-0.05, 0) is 47.7 Å². The lowest BCUT2D eigenvalue weighted by atomic mass is 9.77. The fraction of sp³-hybridized carbons (Fsp3) is 0.409. The summed E-state index contributed by atoms with van der Waals surface area (Å²) in [6.45, 7) is 0.599. The van der Waals surface area contributed by atoms with Crippen LogP contribution in [0.1, 0.15) is 11.1 Å². The molecule has 152 valence electrons. The smallest absolute Gasteiger partial charge is 0.309 e. The second kappa shape index (κ2) is 6.76. The zero-order valence-electron chi connectivity index (χ0n) is 16.6. The van der Waals surface area contributed by atoms with E-state index in [1.165, 1.54) is 0 Å². The van der Waals surface area contributed by atoms with Crippen molar-refractivity contribution in [1.29, 1.82) is 0 Å². The summed E-state index contributed by atoms with van der Waals surface area (Å²) < 4.78 is 33.6. The molecule has 2 aliphatic heterocycles. The first kappa shape index (κ1) is 18.0. The molecule has 0 spiro atoms. The molecule has 7 heteroatoms. The highest BCUT2D eigenvalue weighted by Gasteiger charge is 2.40. The summed E-state index contributed by atoms with van der Waals surface area (Å²) in [6, 6.07) is 5.90. The van der Waals surface area contributed by atoms with Crippen LogP contribution in [0.5, 0.6) is 28.7 Å². The van der Waals surface area contributed by atoms with E-state index >= 15 is 0 Å². The van der Waals surface area contributed by atoms with Crippen molar-refractivity contribution in [1.82, 2.24) is 0 Å². The molecule has 0 bridgehead atoms. The monoisotopic (exact) mass is 398 g/mol. The van der Waals surface area contributed by atoms with Crippen LogP contribution in [0.3, 0.4) is 0 Å². The Morgan fingerprint density at radius 1 is 0.862 bits per heavy atom. The first-order valence-electron chi connectivity index (χ1n) is 9.56. The van der Waals surface area contributed by atoms with E-state index in [1.54, 1.807) is 21.3 Å². The van der Waals surface area contributed by atoms with Crippen LogP contribution in [0.2, 0.25) is 0 Å². The molecule has 0 radical (unpaired) electrons. The largest absolute Gasteiger partial charge is 0.493 e. The number of rotatable bonds is 3. The van der Waals surface area contributed by atoms with E-state index < -0.39 is 0 Å². The lowest BCUT2D eigenvalue weighted by Crippen LogP contribution is -2.23. The van der Waals surface area contributed by atoms with Crippen molar-refractivity contribution in [2.75, 3.05) is 34.7 Å². The maximum Gasteiger partial charge on any atom is 0.309 e. The van der Waals surface area contributed by atoms with Crippen molar-refractivity contribution in [3.05, 3.63) is 29.3 Å². The Bertz CT molecular complexity index is 997. The zero-order chi connectivity index (χ0) is 20.1. The molecule has 1 aliphatic carbocycles. The summed E-state index contributed by atoms with van der Waals surface area (Å²) in [7, 11) is 4.81. The Labute approximate surface area is 168 Å². The van der Waals surface area contributed by atoms with Crippen molar-refractivity contribution < 1.29 is 33.2 Å². The van der Waals surface area contributed by atoms with Crippen molar-refractivity contribution in [3.8, 4) is 39.9 Å². The second-order valence-electron chi connectivity index (χ2n) is 7.45. The minimum Gasteiger partial charge on any atom is -0.493 e. The van der Waals surface area contributed by atoms with Crippen LogP contribution in [0.15, 0.2) is 18.2 Å². The van der Waals surface area contributed by atoms with Gasteiger partial charge in [-0.1, -0.05) is 0 Å². The van der Waals surface area contributed by atoms with Gasteiger partial charge in [-0.3, -0.25) is 4.79 Å². The maximum atomic E-state index is 12.4. The molecule has 1 fully saturated rings. The number of carbonyl (C=O) groups is 1. The zero-order valence-corrected chi connectivity index (χ0v) is 16.6. The first-order valence-corrected chi connectivity index (χ1v) is 9.56. The van der Waals surface area contributed by atoms with Gasteiger partial charge in [0.05, 0.1) is 33.9 Å². The molecule has 5 rings (SSSR count). The number of esters is 1. The average Bonchev–Trinajstić information content (AvgIpc) is 3.32. The van der Waals surface area contributed by atoms with Gasteiger partial charge in [0.25, 0.3) is 0 Å². The standard InChI is InChI=1S/C22H22O7/c1-24-18-7-12-4-13-9-27-22(23)15(13)5-11-6-16-17(29-10-28-16)8-14(11)19(12)21(26-3)20(18)25-2/h6-8,13,15H,4-5,9-10H2,1-3H3/t13-,15-/m0/s1. The van der Waals surface area contributed by atoms with Gasteiger partial charge in [-0.25, -0.2) is 0 Å². The summed E-state index contributed by atoms with van der Waals surface area (Å²) in [5.74, 6) is 2.84. The number of cyclic esters (lactones) is 1. The van der Waals surface area contributed by atoms with Crippen LogP contribution >= 0.6 is 0 Å². The van der Waals surface area contributed by atoms with Gasteiger partial charge in [0.15, 0.2) is 23.0 Å². The number of carbonyl (C=O) groups excluding carboxylic acids is 1. The quantitative estimate of drug-likeness (QED) is 0.736. The molecule has 2 aromatic rings. The van der Waals surface area contributed by atoms with Crippen LogP contribution in [0.25, 0.3) is 11.1 Å². The summed E-state index contributed by atoms with van der Waals surface area (Å²) in [5, 5.41) is 0. The predicted molar refractivity (Wildman–Crippen MR) is 103 cm³/mol. The molecule has 29 heavy (non-hydrogen) atoms. The SMILES string of the molecule is COc1cc2c(c(OC)c1OC)-c1cc3c(cc1C[C@@H]1C(=O)OC[C@@H]1C2)OCO3. The number of hydrogen-bond donors (Lipinski definition) is 0. The van der Waals surface area contributed by atoms with Gasteiger partial charge in [0, 0.05) is 11.5 Å². The topological polar surface area (TPSA) is 72.5 Å². The first-order chi connectivity index (χ1) is 14.1. The summed E-state index contributed by atoms with van der Waals surface area (Å²) in [5.41, 5.74) is 3.89. The van der Waals surface area contributed by atoms with Crippen LogP contribution < -0.4 is 23.7 Å². The third kappa shape index (κ3) is 2.68. The molecular weight excluding hydrogens is 376 g/mol. The highest BCUT2D eigenvalue weighted by atomic mass is 16.7. The van der Waals surface area contributed by atoms with Crippen molar-refractivity contribution in [3.63, 3.8) is 0 Å². The second-order valence-corrected chi connectivity index (χ2v) is 7.45. The van der Waals surface area contributed by atoms with E-state index in [0.717, 1.165) is 22.3 Å². The fourth-order valence-corrected chi connectivity index (χ4v) is 4.62. The lowest BCUT2D eigenvalue weighted by Gasteiger charge is -2.27. The molecule has 0 N–H and O–H groups in total. The van der Waals surface area contributed by atoms with Gasteiger partial charge in [0.2, 0.25) is 12.5 Å². The molecule has 0 saturated carbocycles. The summed E-state index contributed by atoms with van der Waals surface area (Å²) >= 11 is 0. The molecule has 2 heterocycles. The number of benzene rings is 2. The van der Waals surface area contributed by atoms with Gasteiger partial charge in [-0.15, -0.1) is 0 Å². The Balaban J connectivity index is 1.81. The van der Waals surface area contributed by atoms with Crippen LogP contribution in [-0.4, -0.2) is 40.7 Å². The Kier molecular flexibility index (Phi) is 4.19. The van der Waals surface area contributed by atoms with E-state index in [9.17, 15) is 4.79 Å². The van der Waals surface area contributed by atoms with Crippen molar-refractivity contribution >= 4 is 5.97 Å². The number of fused-ring (bicyclic) bond motifs is 5. The predicted octanol–water partition coefficient (Wildman–Crippen LogP) is 3.00. The number of methoxy groups -OCH3 is 3. The van der Waals surface area contributed by atoms with E-state index in [2.05, 4.69) is 0 Å².